The number of H-pyrrole nitrogens is 1. The molecule has 3 N–H and O–H groups in total. The number of alkyl halides is 1. The van der Waals surface area contributed by atoms with Gasteiger partial charge in [0.2, 0.25) is 0 Å². The van der Waals surface area contributed by atoms with Crippen molar-refractivity contribution in [3.05, 3.63) is 32.6 Å². The van der Waals surface area contributed by atoms with Crippen molar-refractivity contribution in [1.82, 2.24) is 9.55 Å². The van der Waals surface area contributed by atoms with Gasteiger partial charge in [-0.15, -0.1) is 0 Å². The SMILES string of the molecule is Cc1cn([C@H]2O[C@@H](CO)C(F)C2O)c(=O)[nH]c1=O. The van der Waals surface area contributed by atoms with Crippen LogP contribution in [-0.2, 0) is 4.74 Å². The molecule has 1 aliphatic rings. The second-order valence-corrected chi connectivity index (χ2v) is 4.16. The van der Waals surface area contributed by atoms with Gasteiger partial charge in [-0.25, -0.2) is 9.18 Å². The summed E-state index contributed by atoms with van der Waals surface area (Å²) in [6.07, 6.45) is -4.64. The molecule has 2 rings (SSSR count). The van der Waals surface area contributed by atoms with E-state index in [1.807, 2.05) is 4.98 Å². The summed E-state index contributed by atoms with van der Waals surface area (Å²) in [4.78, 5) is 24.8. The average molecular weight is 260 g/mol. The van der Waals surface area contributed by atoms with Gasteiger partial charge >= 0.3 is 5.69 Å². The molecule has 2 unspecified atom stereocenters. The summed E-state index contributed by atoms with van der Waals surface area (Å²) in [5.41, 5.74) is -1.13. The zero-order valence-electron chi connectivity index (χ0n) is 9.54. The number of ether oxygens (including phenoxy) is 1. The number of nitrogens with zero attached hydrogens (tertiary/aromatic N) is 1. The minimum Gasteiger partial charge on any atom is -0.394 e. The van der Waals surface area contributed by atoms with Gasteiger partial charge < -0.3 is 14.9 Å². The number of aliphatic hydroxyl groups excluding tert-OH is 2. The normalized spacial score (nSPS) is 31.8. The third-order valence-corrected chi connectivity index (χ3v) is 2.89. The number of aromatic amines is 1. The Balaban J connectivity index is 2.42. The minimum atomic E-state index is -1.79. The van der Waals surface area contributed by atoms with Crippen LogP contribution in [0.2, 0.25) is 0 Å². The van der Waals surface area contributed by atoms with Gasteiger partial charge in [-0.3, -0.25) is 14.3 Å². The van der Waals surface area contributed by atoms with Crippen LogP contribution in [0.4, 0.5) is 4.39 Å². The molecule has 0 aliphatic carbocycles. The van der Waals surface area contributed by atoms with Crippen LogP contribution in [0.1, 0.15) is 11.8 Å². The molecule has 1 aliphatic heterocycles. The quantitative estimate of drug-likeness (QED) is 0.596. The lowest BCUT2D eigenvalue weighted by Crippen LogP contribution is -2.37. The first-order valence-electron chi connectivity index (χ1n) is 5.36. The van der Waals surface area contributed by atoms with Gasteiger partial charge in [0.05, 0.1) is 6.61 Å². The number of hydrogen-bond acceptors (Lipinski definition) is 5. The highest BCUT2D eigenvalue weighted by atomic mass is 19.1. The maximum Gasteiger partial charge on any atom is 0.330 e. The highest BCUT2D eigenvalue weighted by Crippen LogP contribution is 2.30. The first kappa shape index (κ1) is 12.9. The molecule has 0 aromatic carbocycles. The van der Waals surface area contributed by atoms with Gasteiger partial charge in [0, 0.05) is 11.8 Å². The lowest BCUT2D eigenvalue weighted by molar-refractivity contribution is -0.0538. The van der Waals surface area contributed by atoms with Crippen LogP contribution < -0.4 is 11.2 Å². The summed E-state index contributed by atoms with van der Waals surface area (Å²) >= 11 is 0. The number of nitrogens with one attached hydrogen (secondary N) is 1. The summed E-state index contributed by atoms with van der Waals surface area (Å²) in [5, 5.41) is 18.5. The molecule has 1 fully saturated rings. The summed E-state index contributed by atoms with van der Waals surface area (Å²) in [7, 11) is 0. The van der Waals surface area contributed by atoms with Crippen LogP contribution in [0.5, 0.6) is 0 Å². The summed E-state index contributed by atoms with van der Waals surface area (Å²) in [6.45, 7) is 0.859. The zero-order chi connectivity index (χ0) is 13.4. The molecule has 4 atom stereocenters. The first-order chi connectivity index (χ1) is 8.45. The van der Waals surface area contributed by atoms with Crippen molar-refractivity contribution < 1.29 is 19.3 Å². The van der Waals surface area contributed by atoms with Crippen molar-refractivity contribution in [3.8, 4) is 0 Å². The van der Waals surface area contributed by atoms with Crippen molar-refractivity contribution >= 4 is 0 Å². The molecule has 0 saturated carbocycles. The molecule has 0 spiro atoms. The molecular weight excluding hydrogens is 247 g/mol. The molecule has 0 amide bonds. The van der Waals surface area contributed by atoms with Gasteiger partial charge in [0.15, 0.2) is 12.4 Å². The highest BCUT2D eigenvalue weighted by molar-refractivity contribution is 5.03. The summed E-state index contributed by atoms with van der Waals surface area (Å²) in [6, 6.07) is 0. The van der Waals surface area contributed by atoms with Crippen LogP contribution in [0.25, 0.3) is 0 Å². The van der Waals surface area contributed by atoms with Crippen molar-refractivity contribution in [3.63, 3.8) is 0 Å². The van der Waals surface area contributed by atoms with Crippen LogP contribution in [0.3, 0.4) is 0 Å². The van der Waals surface area contributed by atoms with Gasteiger partial charge in [0.1, 0.15) is 12.2 Å². The predicted octanol–water partition coefficient (Wildman–Crippen LogP) is -1.57. The van der Waals surface area contributed by atoms with E-state index in [0.717, 1.165) is 4.57 Å². The second kappa shape index (κ2) is 4.63. The topological polar surface area (TPSA) is 105 Å². The van der Waals surface area contributed by atoms with Crippen molar-refractivity contribution in [2.45, 2.75) is 31.5 Å². The Morgan fingerprint density at radius 3 is 2.78 bits per heavy atom. The number of rotatable bonds is 2. The largest absolute Gasteiger partial charge is 0.394 e. The molecular formula is C10H13FN2O5. The van der Waals surface area contributed by atoms with E-state index in [1.54, 1.807) is 0 Å². The van der Waals surface area contributed by atoms with Crippen LogP contribution in [0, 0.1) is 6.92 Å². The average Bonchev–Trinajstić information content (AvgIpc) is 2.61. The van der Waals surface area contributed by atoms with E-state index in [-0.39, 0.29) is 5.56 Å². The minimum absolute atomic E-state index is 0.230. The van der Waals surface area contributed by atoms with Crippen LogP contribution in [0.15, 0.2) is 15.8 Å². The molecule has 100 valence electrons. The van der Waals surface area contributed by atoms with Gasteiger partial charge in [-0.05, 0) is 6.92 Å². The third kappa shape index (κ3) is 1.98. The van der Waals surface area contributed by atoms with Gasteiger partial charge in [0.25, 0.3) is 5.56 Å². The Labute approximate surface area is 100 Å². The Bertz CT molecular complexity index is 554. The monoisotopic (exact) mass is 260 g/mol. The second-order valence-electron chi connectivity index (χ2n) is 4.16. The Hall–Kier alpha value is -1.51. The third-order valence-electron chi connectivity index (χ3n) is 2.89. The van der Waals surface area contributed by atoms with Crippen LogP contribution in [-0.4, -0.2) is 44.8 Å². The molecule has 1 saturated heterocycles. The van der Waals surface area contributed by atoms with E-state index in [1.165, 1.54) is 13.1 Å². The number of aliphatic hydroxyl groups is 2. The fourth-order valence-electron chi connectivity index (χ4n) is 1.86. The maximum absolute atomic E-state index is 13.5. The van der Waals surface area contributed by atoms with E-state index in [2.05, 4.69) is 0 Å². The number of aryl methyl sites for hydroxylation is 1. The zero-order valence-corrected chi connectivity index (χ0v) is 9.54. The maximum atomic E-state index is 13.5. The first-order valence-corrected chi connectivity index (χ1v) is 5.36. The highest BCUT2D eigenvalue weighted by Gasteiger charge is 2.45. The predicted molar refractivity (Wildman–Crippen MR) is 58.0 cm³/mol. The molecule has 1 aromatic rings. The van der Waals surface area contributed by atoms with Crippen molar-refractivity contribution in [2.75, 3.05) is 6.61 Å². The van der Waals surface area contributed by atoms with Crippen molar-refractivity contribution in [1.29, 1.82) is 0 Å². The standard InChI is InChI=1S/C10H13FN2O5/c1-4-2-13(10(17)12-8(4)16)9-7(15)6(11)5(3-14)18-9/h2,5-7,9,14-15H,3H2,1H3,(H,12,16,17)/t5-,6?,7?,9-/m0/s1. The molecule has 0 radical (unpaired) electrons. The summed E-state index contributed by atoms with van der Waals surface area (Å²) in [5.74, 6) is 0. The van der Waals surface area contributed by atoms with E-state index >= 15 is 0 Å². The lowest BCUT2D eigenvalue weighted by atomic mass is 10.1. The molecule has 0 bridgehead atoms. The van der Waals surface area contributed by atoms with Gasteiger partial charge in [-0.1, -0.05) is 0 Å². The fourth-order valence-corrected chi connectivity index (χ4v) is 1.86. The lowest BCUT2D eigenvalue weighted by Gasteiger charge is -2.17. The van der Waals surface area contributed by atoms with E-state index in [9.17, 15) is 19.1 Å². The molecule has 7 nitrogen and oxygen atoms in total. The van der Waals surface area contributed by atoms with Crippen LogP contribution >= 0.6 is 0 Å². The molecule has 8 heteroatoms. The summed E-state index contributed by atoms with van der Waals surface area (Å²) < 4.78 is 19.5. The Kier molecular flexibility index (Phi) is 3.33. The molecule has 1 aromatic heterocycles. The number of halogens is 1. The number of hydrogen-bond donors (Lipinski definition) is 3. The Morgan fingerprint density at radius 1 is 1.56 bits per heavy atom. The van der Waals surface area contributed by atoms with Gasteiger partial charge in [-0.2, -0.15) is 0 Å². The van der Waals surface area contributed by atoms with E-state index < -0.39 is 42.5 Å². The van der Waals surface area contributed by atoms with Crippen molar-refractivity contribution in [2.24, 2.45) is 0 Å². The molecule has 2 heterocycles. The van der Waals surface area contributed by atoms with E-state index in [4.69, 9.17) is 9.84 Å². The van der Waals surface area contributed by atoms with E-state index in [0.29, 0.717) is 0 Å². The number of aromatic nitrogens is 2. The smallest absolute Gasteiger partial charge is 0.330 e. The fraction of sp³-hybridized carbons (Fsp3) is 0.600. The Morgan fingerprint density at radius 2 is 2.22 bits per heavy atom. The molecule has 18 heavy (non-hydrogen) atoms.